The summed E-state index contributed by atoms with van der Waals surface area (Å²) in [6, 6.07) is 0. The summed E-state index contributed by atoms with van der Waals surface area (Å²) >= 11 is 1.40. The molecule has 5 nitrogen and oxygen atoms in total. The van der Waals surface area contributed by atoms with Crippen LogP contribution in [-0.4, -0.2) is 24.0 Å². The fourth-order valence-electron chi connectivity index (χ4n) is 3.09. The molecule has 21 heavy (non-hydrogen) atoms. The monoisotopic (exact) mass is 306 g/mol. The normalized spacial score (nSPS) is 26.0. The van der Waals surface area contributed by atoms with Crippen LogP contribution in [0.25, 0.3) is 0 Å². The molecule has 1 saturated carbocycles. The van der Waals surface area contributed by atoms with E-state index in [-0.39, 0.29) is 17.8 Å². The molecule has 1 aromatic rings. The highest BCUT2D eigenvalue weighted by atomic mass is 32.1. The number of rotatable bonds is 5. The summed E-state index contributed by atoms with van der Waals surface area (Å²) in [5.41, 5.74) is 0.813. The Hall–Kier alpha value is -1.69. The van der Waals surface area contributed by atoms with Crippen molar-refractivity contribution in [3.05, 3.63) is 23.2 Å². The average molecular weight is 306 g/mol. The van der Waals surface area contributed by atoms with Gasteiger partial charge in [0.2, 0.25) is 5.91 Å². The van der Waals surface area contributed by atoms with Crippen LogP contribution in [0.1, 0.15) is 25.0 Å². The Bertz CT molecular complexity index is 581. The highest BCUT2D eigenvalue weighted by Crippen LogP contribution is 2.43. The zero-order chi connectivity index (χ0) is 14.8. The Morgan fingerprint density at radius 3 is 2.95 bits per heavy atom. The number of carbonyl (C=O) groups excluding carboxylic acids is 2. The maximum absolute atomic E-state index is 12.3. The second kappa shape index (κ2) is 5.97. The van der Waals surface area contributed by atoms with Gasteiger partial charge in [0.15, 0.2) is 5.13 Å². The first-order valence-corrected chi connectivity index (χ1v) is 8.04. The first-order valence-electron chi connectivity index (χ1n) is 7.16. The minimum absolute atomic E-state index is 0.0701. The van der Waals surface area contributed by atoms with Gasteiger partial charge in [-0.05, 0) is 24.7 Å². The van der Waals surface area contributed by atoms with E-state index < -0.39 is 0 Å². The number of thiazole rings is 1. The third-order valence-corrected chi connectivity index (χ3v) is 5.02. The Labute approximate surface area is 127 Å². The number of allylic oxidation sites excluding steroid dienone is 2. The van der Waals surface area contributed by atoms with Gasteiger partial charge in [-0.2, -0.15) is 0 Å². The van der Waals surface area contributed by atoms with E-state index in [1.807, 2.05) is 5.38 Å². The number of methoxy groups -OCH3 is 1. The number of aromatic nitrogens is 1. The summed E-state index contributed by atoms with van der Waals surface area (Å²) in [5.74, 6) is 0.886. The number of esters is 1. The van der Waals surface area contributed by atoms with Gasteiger partial charge in [0, 0.05) is 17.7 Å². The summed E-state index contributed by atoms with van der Waals surface area (Å²) < 4.78 is 4.60. The van der Waals surface area contributed by atoms with Crippen molar-refractivity contribution in [2.45, 2.75) is 25.7 Å². The molecule has 0 unspecified atom stereocenters. The van der Waals surface area contributed by atoms with Gasteiger partial charge in [0.05, 0.1) is 19.2 Å². The van der Waals surface area contributed by atoms with E-state index in [1.165, 1.54) is 18.4 Å². The van der Waals surface area contributed by atoms with Crippen molar-refractivity contribution >= 4 is 28.3 Å². The number of hydrogen-bond acceptors (Lipinski definition) is 5. The number of ether oxygens (including phenoxy) is 1. The van der Waals surface area contributed by atoms with E-state index in [0.717, 1.165) is 18.5 Å². The van der Waals surface area contributed by atoms with Gasteiger partial charge in [-0.3, -0.25) is 9.59 Å². The standard InChI is InChI=1S/C15H18N2O3S/c1-20-13(18)5-4-11-8-21-15(16-11)17-14(19)12-7-9-2-3-10(12)6-9/h2-3,8-10,12H,4-7H2,1H3,(H,16,17,19)/t9-,10-,12+/m0/s1. The first kappa shape index (κ1) is 14.3. The van der Waals surface area contributed by atoms with Gasteiger partial charge in [-0.1, -0.05) is 12.2 Å². The minimum atomic E-state index is -0.248. The molecule has 0 saturated heterocycles. The maximum atomic E-state index is 12.3. The predicted molar refractivity (Wildman–Crippen MR) is 79.9 cm³/mol. The number of hydrogen-bond donors (Lipinski definition) is 1. The second-order valence-corrected chi connectivity index (χ2v) is 6.45. The van der Waals surface area contributed by atoms with Crippen molar-refractivity contribution in [1.82, 2.24) is 4.98 Å². The Morgan fingerprint density at radius 1 is 1.43 bits per heavy atom. The van der Waals surface area contributed by atoms with Gasteiger partial charge in [0.1, 0.15) is 0 Å². The van der Waals surface area contributed by atoms with E-state index in [1.54, 1.807) is 0 Å². The molecule has 1 amide bonds. The third kappa shape index (κ3) is 3.15. The fraction of sp³-hybridized carbons (Fsp3) is 0.533. The van der Waals surface area contributed by atoms with Gasteiger partial charge in [-0.15, -0.1) is 11.3 Å². The fourth-order valence-corrected chi connectivity index (χ4v) is 3.84. The smallest absolute Gasteiger partial charge is 0.305 e. The molecular formula is C15H18N2O3S. The van der Waals surface area contributed by atoms with Crippen LogP contribution in [0.2, 0.25) is 0 Å². The highest BCUT2D eigenvalue weighted by Gasteiger charge is 2.39. The third-order valence-electron chi connectivity index (χ3n) is 4.21. The summed E-state index contributed by atoms with van der Waals surface area (Å²) in [6.45, 7) is 0. The summed E-state index contributed by atoms with van der Waals surface area (Å²) in [6.07, 6.45) is 7.30. The lowest BCUT2D eigenvalue weighted by atomic mass is 9.93. The van der Waals surface area contributed by atoms with Crippen LogP contribution in [-0.2, 0) is 20.7 Å². The van der Waals surface area contributed by atoms with Gasteiger partial charge in [0.25, 0.3) is 0 Å². The number of anilines is 1. The molecule has 0 radical (unpaired) electrons. The van der Waals surface area contributed by atoms with Crippen LogP contribution >= 0.6 is 11.3 Å². The van der Waals surface area contributed by atoms with Crippen molar-refractivity contribution in [3.63, 3.8) is 0 Å². The maximum Gasteiger partial charge on any atom is 0.305 e. The number of nitrogens with one attached hydrogen (secondary N) is 1. The number of aryl methyl sites for hydroxylation is 1. The average Bonchev–Trinajstić information content (AvgIpc) is 3.20. The van der Waals surface area contributed by atoms with E-state index in [4.69, 9.17) is 0 Å². The second-order valence-electron chi connectivity index (χ2n) is 5.60. The SMILES string of the molecule is COC(=O)CCc1csc(NC(=O)[C@@H]2C[C@H]3C=C[C@H]2C3)n1. The van der Waals surface area contributed by atoms with E-state index in [0.29, 0.717) is 29.8 Å². The van der Waals surface area contributed by atoms with Crippen LogP contribution in [0.4, 0.5) is 5.13 Å². The van der Waals surface area contributed by atoms with Crippen molar-refractivity contribution in [2.75, 3.05) is 12.4 Å². The molecule has 112 valence electrons. The van der Waals surface area contributed by atoms with Crippen LogP contribution in [0.3, 0.4) is 0 Å². The lowest BCUT2D eigenvalue weighted by Gasteiger charge is -2.16. The minimum Gasteiger partial charge on any atom is -0.469 e. The molecule has 0 spiro atoms. The van der Waals surface area contributed by atoms with Crippen LogP contribution < -0.4 is 5.32 Å². The van der Waals surface area contributed by atoms with Gasteiger partial charge in [-0.25, -0.2) is 4.98 Å². The van der Waals surface area contributed by atoms with E-state index in [2.05, 4.69) is 27.2 Å². The van der Waals surface area contributed by atoms with Crippen molar-refractivity contribution in [3.8, 4) is 0 Å². The predicted octanol–water partition coefficient (Wildman–Crippen LogP) is 2.40. The topological polar surface area (TPSA) is 68.3 Å². The van der Waals surface area contributed by atoms with Gasteiger partial charge >= 0.3 is 5.97 Å². The Morgan fingerprint density at radius 2 is 2.29 bits per heavy atom. The van der Waals surface area contributed by atoms with Crippen molar-refractivity contribution in [2.24, 2.45) is 17.8 Å². The molecule has 0 aromatic carbocycles. The zero-order valence-corrected chi connectivity index (χ0v) is 12.7. The Kier molecular flexibility index (Phi) is 4.05. The van der Waals surface area contributed by atoms with E-state index >= 15 is 0 Å². The molecule has 2 bridgehead atoms. The van der Waals surface area contributed by atoms with Crippen LogP contribution in [0, 0.1) is 17.8 Å². The molecule has 1 N–H and O–H groups in total. The molecule has 2 aliphatic carbocycles. The molecule has 3 rings (SSSR count). The molecular weight excluding hydrogens is 288 g/mol. The highest BCUT2D eigenvalue weighted by molar-refractivity contribution is 7.13. The largest absolute Gasteiger partial charge is 0.469 e. The molecule has 0 aliphatic heterocycles. The van der Waals surface area contributed by atoms with E-state index in [9.17, 15) is 9.59 Å². The van der Waals surface area contributed by atoms with Gasteiger partial charge < -0.3 is 10.1 Å². The lowest BCUT2D eigenvalue weighted by Crippen LogP contribution is -2.25. The first-order chi connectivity index (χ1) is 10.2. The van der Waals surface area contributed by atoms with Crippen molar-refractivity contribution < 1.29 is 14.3 Å². The Balaban J connectivity index is 1.53. The molecule has 3 atom stereocenters. The number of carbonyl (C=O) groups is 2. The zero-order valence-electron chi connectivity index (χ0n) is 11.9. The van der Waals surface area contributed by atoms with Crippen LogP contribution in [0.5, 0.6) is 0 Å². The molecule has 2 aliphatic rings. The number of amides is 1. The number of nitrogens with zero attached hydrogens (tertiary/aromatic N) is 1. The lowest BCUT2D eigenvalue weighted by molar-refractivity contribution is -0.140. The van der Waals surface area contributed by atoms with Crippen molar-refractivity contribution in [1.29, 1.82) is 0 Å². The number of fused-ring (bicyclic) bond motifs is 2. The molecule has 1 aromatic heterocycles. The molecule has 1 heterocycles. The summed E-state index contributed by atoms with van der Waals surface area (Å²) in [4.78, 5) is 27.7. The quantitative estimate of drug-likeness (QED) is 0.670. The summed E-state index contributed by atoms with van der Waals surface area (Å²) in [7, 11) is 1.37. The summed E-state index contributed by atoms with van der Waals surface area (Å²) in [5, 5.41) is 5.40. The molecule has 6 heteroatoms. The molecule has 1 fully saturated rings. The van der Waals surface area contributed by atoms with Crippen LogP contribution in [0.15, 0.2) is 17.5 Å².